The zero-order valence-corrected chi connectivity index (χ0v) is 19.3. The summed E-state index contributed by atoms with van der Waals surface area (Å²) >= 11 is 0. The van der Waals surface area contributed by atoms with E-state index < -0.39 is 0 Å². The monoisotopic (exact) mass is 490 g/mol. The average Bonchev–Trinajstić information content (AvgIpc) is 2.69. The number of nitrogens with zero attached hydrogens (tertiary/aromatic N) is 3. The summed E-state index contributed by atoms with van der Waals surface area (Å²) in [7, 11) is 3.92. The highest BCUT2D eigenvalue weighted by Crippen LogP contribution is 2.18. The number of aliphatic imine (C=N–C) groups is 1. The number of aromatic nitrogens is 1. The number of hydrogen-bond acceptors (Lipinski definition) is 4. The summed E-state index contributed by atoms with van der Waals surface area (Å²) in [5, 5.41) is 3.44. The van der Waals surface area contributed by atoms with E-state index in [9.17, 15) is 0 Å². The molecule has 0 aromatic carbocycles. The van der Waals surface area contributed by atoms with Crippen LogP contribution in [-0.2, 0) is 11.3 Å². The first-order valence-corrected chi connectivity index (χ1v) is 9.80. The molecule has 0 amide bonds. The van der Waals surface area contributed by atoms with Crippen LogP contribution in [0, 0.1) is 5.92 Å². The lowest BCUT2D eigenvalue weighted by atomic mass is 9.96. The first-order valence-electron chi connectivity index (χ1n) is 9.80. The van der Waals surface area contributed by atoms with Crippen molar-refractivity contribution in [3.63, 3.8) is 0 Å². The molecule has 154 valence electrons. The molecule has 1 N–H and O–H groups in total. The summed E-state index contributed by atoms with van der Waals surface area (Å²) in [4.78, 5) is 11.0. The maximum Gasteiger partial charge on any atom is 0.218 e. The Balaban J connectivity index is 0.00000364. The normalized spacial score (nSPS) is 15.1. The third-order valence-electron chi connectivity index (χ3n) is 4.81. The standard InChI is InChI=1S/C20H34N4O2.HI/c1-4-5-13-26-19-18(7-6-11-22-19)16-23-20(21-2)24(3)12-8-17-9-14-25-15-10-17;/h6-7,11,17H,4-5,8-10,12-16H2,1-3H3,(H,21,23);1H. The Morgan fingerprint density at radius 1 is 1.41 bits per heavy atom. The highest BCUT2D eigenvalue weighted by Gasteiger charge is 2.15. The lowest BCUT2D eigenvalue weighted by Crippen LogP contribution is -2.39. The van der Waals surface area contributed by atoms with E-state index in [0.29, 0.717) is 19.0 Å². The third kappa shape index (κ3) is 8.64. The Bertz CT molecular complexity index is 551. The molecular weight excluding hydrogens is 455 g/mol. The van der Waals surface area contributed by atoms with E-state index in [2.05, 4.69) is 40.2 Å². The van der Waals surface area contributed by atoms with Gasteiger partial charge in [-0.15, -0.1) is 24.0 Å². The van der Waals surface area contributed by atoms with E-state index in [1.165, 1.54) is 19.3 Å². The van der Waals surface area contributed by atoms with Crippen molar-refractivity contribution in [1.29, 1.82) is 0 Å². The van der Waals surface area contributed by atoms with Crippen LogP contribution in [0.3, 0.4) is 0 Å². The Kier molecular flexibility index (Phi) is 12.4. The van der Waals surface area contributed by atoms with Gasteiger partial charge in [0.25, 0.3) is 0 Å². The predicted molar refractivity (Wildman–Crippen MR) is 121 cm³/mol. The number of rotatable bonds is 9. The van der Waals surface area contributed by atoms with Crippen LogP contribution < -0.4 is 10.1 Å². The van der Waals surface area contributed by atoms with Crippen LogP contribution in [0.5, 0.6) is 5.88 Å². The fourth-order valence-corrected chi connectivity index (χ4v) is 3.08. The number of pyridine rings is 1. The number of ether oxygens (including phenoxy) is 2. The molecule has 2 heterocycles. The second-order valence-electron chi connectivity index (χ2n) is 6.84. The molecule has 27 heavy (non-hydrogen) atoms. The van der Waals surface area contributed by atoms with Gasteiger partial charge in [0, 0.05) is 52.2 Å². The lowest BCUT2D eigenvalue weighted by molar-refractivity contribution is 0.0625. The second kappa shape index (κ2) is 14.0. The summed E-state index contributed by atoms with van der Waals surface area (Å²) in [6.45, 7) is 6.33. The molecule has 6 nitrogen and oxygen atoms in total. The topological polar surface area (TPSA) is 59.0 Å². The Morgan fingerprint density at radius 3 is 2.89 bits per heavy atom. The van der Waals surface area contributed by atoms with Gasteiger partial charge in [-0.3, -0.25) is 4.99 Å². The van der Waals surface area contributed by atoms with E-state index >= 15 is 0 Å². The Labute approximate surface area is 181 Å². The van der Waals surface area contributed by atoms with Gasteiger partial charge in [-0.25, -0.2) is 4.98 Å². The maximum absolute atomic E-state index is 5.81. The minimum absolute atomic E-state index is 0. The summed E-state index contributed by atoms with van der Waals surface area (Å²) in [6, 6.07) is 4.00. The number of unbranched alkanes of at least 4 members (excludes halogenated alkanes) is 1. The van der Waals surface area contributed by atoms with Gasteiger partial charge in [0.2, 0.25) is 5.88 Å². The number of halogens is 1. The van der Waals surface area contributed by atoms with E-state index in [1.807, 2.05) is 13.1 Å². The van der Waals surface area contributed by atoms with Crippen LogP contribution in [0.1, 0.15) is 44.6 Å². The van der Waals surface area contributed by atoms with E-state index in [4.69, 9.17) is 9.47 Å². The molecule has 0 aliphatic carbocycles. The van der Waals surface area contributed by atoms with Crippen LogP contribution in [-0.4, -0.2) is 56.3 Å². The third-order valence-corrected chi connectivity index (χ3v) is 4.81. The molecule has 0 spiro atoms. The van der Waals surface area contributed by atoms with Gasteiger partial charge in [-0.1, -0.05) is 19.4 Å². The maximum atomic E-state index is 5.81. The zero-order valence-electron chi connectivity index (χ0n) is 16.9. The quantitative estimate of drug-likeness (QED) is 0.248. The lowest BCUT2D eigenvalue weighted by Gasteiger charge is -2.27. The molecule has 1 saturated heterocycles. The van der Waals surface area contributed by atoms with Crippen LogP contribution in [0.2, 0.25) is 0 Å². The van der Waals surface area contributed by atoms with Crippen molar-refractivity contribution in [1.82, 2.24) is 15.2 Å². The Hall–Kier alpha value is -1.09. The smallest absolute Gasteiger partial charge is 0.218 e. The van der Waals surface area contributed by atoms with Gasteiger partial charge in [-0.2, -0.15) is 0 Å². The fourth-order valence-electron chi connectivity index (χ4n) is 3.08. The highest BCUT2D eigenvalue weighted by atomic mass is 127. The molecule has 1 aromatic rings. The number of hydrogen-bond donors (Lipinski definition) is 1. The molecule has 0 atom stereocenters. The molecule has 0 unspecified atom stereocenters. The van der Waals surface area contributed by atoms with Crippen molar-refractivity contribution in [2.75, 3.05) is 40.5 Å². The van der Waals surface area contributed by atoms with Crippen molar-refractivity contribution in [3.05, 3.63) is 23.9 Å². The van der Waals surface area contributed by atoms with Crippen LogP contribution in [0.4, 0.5) is 0 Å². The largest absolute Gasteiger partial charge is 0.477 e. The van der Waals surface area contributed by atoms with Crippen LogP contribution in [0.25, 0.3) is 0 Å². The Morgan fingerprint density at radius 2 is 2.19 bits per heavy atom. The molecule has 1 fully saturated rings. The molecule has 2 rings (SSSR count). The SMILES string of the molecule is CCCCOc1ncccc1CNC(=NC)N(C)CCC1CCOCC1.I. The molecule has 1 aromatic heterocycles. The fraction of sp³-hybridized carbons (Fsp3) is 0.700. The second-order valence-corrected chi connectivity index (χ2v) is 6.84. The highest BCUT2D eigenvalue weighted by molar-refractivity contribution is 14.0. The molecule has 7 heteroatoms. The van der Waals surface area contributed by atoms with Crippen molar-refractivity contribution in [3.8, 4) is 5.88 Å². The predicted octanol–water partition coefficient (Wildman–Crippen LogP) is 3.70. The minimum atomic E-state index is 0. The first-order chi connectivity index (χ1) is 12.7. The van der Waals surface area contributed by atoms with Crippen LogP contribution >= 0.6 is 24.0 Å². The van der Waals surface area contributed by atoms with E-state index in [0.717, 1.165) is 50.0 Å². The van der Waals surface area contributed by atoms with Crippen molar-refractivity contribution >= 4 is 29.9 Å². The van der Waals surface area contributed by atoms with E-state index in [-0.39, 0.29) is 24.0 Å². The number of guanidine groups is 1. The molecule has 1 aliphatic rings. The molecular formula is C20H35IN4O2. The summed E-state index contributed by atoms with van der Waals surface area (Å²) in [6.07, 6.45) is 7.46. The van der Waals surface area contributed by atoms with Gasteiger partial charge in [0.15, 0.2) is 5.96 Å². The van der Waals surface area contributed by atoms with Crippen molar-refractivity contribution in [2.45, 2.75) is 45.6 Å². The summed E-state index contributed by atoms with van der Waals surface area (Å²) < 4.78 is 11.3. The average molecular weight is 490 g/mol. The van der Waals surface area contributed by atoms with Gasteiger partial charge in [0.05, 0.1) is 6.61 Å². The van der Waals surface area contributed by atoms with Gasteiger partial charge in [0.1, 0.15) is 0 Å². The number of nitrogens with one attached hydrogen (secondary N) is 1. The molecule has 1 aliphatic heterocycles. The minimum Gasteiger partial charge on any atom is -0.477 e. The molecule has 0 radical (unpaired) electrons. The van der Waals surface area contributed by atoms with E-state index in [1.54, 1.807) is 6.20 Å². The molecule has 0 bridgehead atoms. The van der Waals surface area contributed by atoms with Gasteiger partial charge < -0.3 is 19.7 Å². The first kappa shape index (κ1) is 23.9. The molecule has 0 saturated carbocycles. The van der Waals surface area contributed by atoms with Crippen molar-refractivity contribution < 1.29 is 9.47 Å². The van der Waals surface area contributed by atoms with Crippen molar-refractivity contribution in [2.24, 2.45) is 10.9 Å². The zero-order chi connectivity index (χ0) is 18.6. The van der Waals surface area contributed by atoms with Gasteiger partial charge in [-0.05, 0) is 37.7 Å². The summed E-state index contributed by atoms with van der Waals surface area (Å²) in [5.41, 5.74) is 1.06. The van der Waals surface area contributed by atoms with Crippen LogP contribution in [0.15, 0.2) is 23.3 Å². The van der Waals surface area contributed by atoms with Gasteiger partial charge >= 0.3 is 0 Å². The summed E-state index contributed by atoms with van der Waals surface area (Å²) in [5.74, 6) is 2.38.